The molecule has 0 amide bonds. The summed E-state index contributed by atoms with van der Waals surface area (Å²) in [5.74, 6) is 0.940. The van der Waals surface area contributed by atoms with Crippen molar-refractivity contribution < 1.29 is 0 Å². The van der Waals surface area contributed by atoms with Crippen LogP contribution in [0, 0.1) is 6.42 Å². The van der Waals surface area contributed by atoms with Crippen LogP contribution >= 0.6 is 0 Å². The molecule has 329 valence electrons. The van der Waals surface area contributed by atoms with E-state index in [1.165, 1.54) is 294 Å². The third-order valence-corrected chi connectivity index (χ3v) is 12.7. The minimum Gasteiger partial charge on any atom is -0.238 e. The highest BCUT2D eigenvalue weighted by molar-refractivity contribution is 5.15. The molecule has 0 saturated carbocycles. The minimum atomic E-state index is 0.940. The fourth-order valence-electron chi connectivity index (χ4n) is 8.79. The van der Waals surface area contributed by atoms with Crippen LogP contribution in [-0.2, 0) is 12.8 Å². The van der Waals surface area contributed by atoms with Gasteiger partial charge in [0, 0.05) is 17.8 Å². The molecule has 2 heteroatoms. The van der Waals surface area contributed by atoms with Gasteiger partial charge < -0.3 is 0 Å². The zero-order valence-electron chi connectivity index (χ0n) is 39.1. The van der Waals surface area contributed by atoms with E-state index in [2.05, 4.69) is 33.3 Å². The van der Waals surface area contributed by atoms with Gasteiger partial charge in [-0.2, -0.15) is 0 Å². The minimum absolute atomic E-state index is 0.940. The van der Waals surface area contributed by atoms with Crippen molar-refractivity contribution in [3.8, 4) is 0 Å². The van der Waals surface area contributed by atoms with Gasteiger partial charge in [-0.3, -0.25) is 0 Å². The molecule has 0 saturated heterocycles. The lowest BCUT2D eigenvalue weighted by atomic mass is 10.0. The van der Waals surface area contributed by atoms with Gasteiger partial charge in [0.05, 0.1) is 0 Å². The molecule has 1 radical (unpaired) electrons. The van der Waals surface area contributed by atoms with Gasteiger partial charge in [-0.1, -0.05) is 290 Å². The van der Waals surface area contributed by atoms with Crippen molar-refractivity contribution in [2.75, 3.05) is 0 Å². The van der Waals surface area contributed by atoms with E-state index in [1.807, 2.05) is 0 Å². The maximum Gasteiger partial charge on any atom is 0.132 e. The summed E-state index contributed by atoms with van der Waals surface area (Å²) in [6, 6.07) is 2.32. The Kier molecular flexibility index (Phi) is 42.8. The lowest BCUT2D eigenvalue weighted by Crippen LogP contribution is -2.02. The molecule has 2 nitrogen and oxygen atoms in total. The van der Waals surface area contributed by atoms with Crippen LogP contribution in [-0.4, -0.2) is 9.97 Å². The van der Waals surface area contributed by atoms with Crippen LogP contribution in [0.3, 0.4) is 0 Å². The van der Waals surface area contributed by atoms with Crippen molar-refractivity contribution >= 4 is 0 Å². The molecule has 0 aromatic carbocycles. The predicted octanol–water partition coefficient (Wildman–Crippen LogP) is 19.3. The first-order chi connectivity index (χ1) is 27.8. The van der Waals surface area contributed by atoms with Gasteiger partial charge in [0.2, 0.25) is 0 Å². The fourth-order valence-corrected chi connectivity index (χ4v) is 8.79. The molecular formula is C54H103N2. The third-order valence-electron chi connectivity index (χ3n) is 12.7. The van der Waals surface area contributed by atoms with E-state index >= 15 is 0 Å². The molecule has 0 N–H and O–H groups in total. The van der Waals surface area contributed by atoms with Gasteiger partial charge in [-0.25, -0.2) is 9.97 Å². The summed E-state index contributed by atoms with van der Waals surface area (Å²) in [7, 11) is 0. The van der Waals surface area contributed by atoms with Crippen LogP contribution in [0.5, 0.6) is 0 Å². The Morgan fingerprint density at radius 1 is 0.286 bits per heavy atom. The van der Waals surface area contributed by atoms with E-state index in [9.17, 15) is 0 Å². The second kappa shape index (κ2) is 45.2. The number of rotatable bonds is 47. The number of hydrogen-bond acceptors (Lipinski definition) is 2. The van der Waals surface area contributed by atoms with Gasteiger partial charge in [-0.15, -0.1) is 0 Å². The first kappa shape index (κ1) is 53.1. The van der Waals surface area contributed by atoms with Crippen molar-refractivity contribution in [2.45, 2.75) is 316 Å². The van der Waals surface area contributed by atoms with Crippen molar-refractivity contribution in [3.63, 3.8) is 0 Å². The molecule has 0 bridgehead atoms. The zero-order chi connectivity index (χ0) is 40.1. The van der Waals surface area contributed by atoms with Crippen LogP contribution in [0.4, 0.5) is 0 Å². The molecular weight excluding hydrogens is 677 g/mol. The average molecular weight is 780 g/mol. The quantitative estimate of drug-likeness (QED) is 0.0616. The summed E-state index contributed by atoms with van der Waals surface area (Å²) < 4.78 is 0. The highest BCUT2D eigenvalue weighted by Crippen LogP contribution is 2.18. The molecule has 0 spiro atoms. The van der Waals surface area contributed by atoms with Crippen LogP contribution < -0.4 is 0 Å². The molecule has 0 unspecified atom stereocenters. The number of hydrogen-bond donors (Lipinski definition) is 0. The molecule has 1 aromatic heterocycles. The van der Waals surface area contributed by atoms with E-state index in [0.717, 1.165) is 18.7 Å². The summed E-state index contributed by atoms with van der Waals surface area (Å²) in [4.78, 5) is 9.70. The van der Waals surface area contributed by atoms with E-state index in [-0.39, 0.29) is 0 Å². The Bertz CT molecular complexity index is 813. The molecule has 0 atom stereocenters. The molecule has 56 heavy (non-hydrogen) atoms. The Labute approximate surface area is 354 Å². The van der Waals surface area contributed by atoms with Crippen molar-refractivity contribution in [2.24, 2.45) is 0 Å². The molecule has 0 fully saturated rings. The first-order valence-corrected chi connectivity index (χ1v) is 26.5. The number of aryl methyl sites for hydroxylation is 2. The van der Waals surface area contributed by atoms with E-state index in [0.29, 0.717) is 0 Å². The van der Waals surface area contributed by atoms with Gasteiger partial charge in [0.15, 0.2) is 0 Å². The number of unbranched alkanes of at least 4 members (excludes halogenated alkanes) is 42. The van der Waals surface area contributed by atoms with Gasteiger partial charge in [-0.05, 0) is 31.7 Å². The SMILES string of the molecule is C[CH]c1nc(CCCCCCCCCCCCCCCCCCCCCCCC)cc(CCCCCCCCCCCCCCCCCCCCCCCC)n1. The third kappa shape index (κ3) is 38.6. The molecule has 1 rings (SSSR count). The monoisotopic (exact) mass is 780 g/mol. The summed E-state index contributed by atoms with van der Waals surface area (Å²) >= 11 is 0. The molecule has 1 aromatic rings. The second-order valence-electron chi connectivity index (χ2n) is 18.3. The van der Waals surface area contributed by atoms with Gasteiger partial charge >= 0.3 is 0 Å². The number of nitrogens with zero attached hydrogens (tertiary/aromatic N) is 2. The summed E-state index contributed by atoms with van der Waals surface area (Å²) in [5, 5.41) is 0. The Balaban J connectivity index is 1.87. The highest BCUT2D eigenvalue weighted by Gasteiger charge is 2.05. The van der Waals surface area contributed by atoms with E-state index in [1.54, 1.807) is 0 Å². The summed E-state index contributed by atoms with van der Waals surface area (Å²) in [6.07, 6.45) is 67.8. The van der Waals surface area contributed by atoms with Crippen LogP contribution in [0.2, 0.25) is 0 Å². The lowest BCUT2D eigenvalue weighted by Gasteiger charge is -2.08. The Hall–Kier alpha value is -0.920. The van der Waals surface area contributed by atoms with E-state index in [4.69, 9.17) is 9.97 Å². The van der Waals surface area contributed by atoms with Gasteiger partial charge in [0.25, 0.3) is 0 Å². The summed E-state index contributed by atoms with van der Waals surface area (Å²) in [6.45, 7) is 6.70. The van der Waals surface area contributed by atoms with Crippen LogP contribution in [0.25, 0.3) is 0 Å². The molecule has 1 heterocycles. The average Bonchev–Trinajstić information content (AvgIpc) is 3.21. The predicted molar refractivity (Wildman–Crippen MR) is 253 cm³/mol. The van der Waals surface area contributed by atoms with Crippen molar-refractivity contribution in [3.05, 3.63) is 29.7 Å². The highest BCUT2D eigenvalue weighted by atomic mass is 14.9. The maximum atomic E-state index is 4.85. The fraction of sp³-hybridized carbons (Fsp3) is 0.907. The Morgan fingerprint density at radius 2 is 0.464 bits per heavy atom. The largest absolute Gasteiger partial charge is 0.238 e. The standard InChI is InChI=1S/C54H103N2/c1-4-7-9-11-13-15-17-19-21-23-25-27-29-31-33-35-37-39-41-43-45-47-49-52-51-53(56-54(6-3)55-52)50-48-46-44-42-40-38-36-34-32-30-28-26-24-22-20-18-16-14-12-10-8-5-2/h6,51H,4-5,7-50H2,1-3H3. The molecule has 0 aliphatic carbocycles. The van der Waals surface area contributed by atoms with E-state index < -0.39 is 0 Å². The number of aromatic nitrogens is 2. The summed E-state index contributed by atoms with van der Waals surface area (Å²) in [5.41, 5.74) is 2.55. The topological polar surface area (TPSA) is 25.8 Å². The van der Waals surface area contributed by atoms with Crippen LogP contribution in [0.15, 0.2) is 6.07 Å². The lowest BCUT2D eigenvalue weighted by molar-refractivity contribution is 0.518. The second-order valence-corrected chi connectivity index (χ2v) is 18.3. The normalized spacial score (nSPS) is 11.6. The molecule has 0 aliphatic rings. The maximum absolute atomic E-state index is 4.85. The van der Waals surface area contributed by atoms with Crippen molar-refractivity contribution in [1.29, 1.82) is 0 Å². The first-order valence-electron chi connectivity index (χ1n) is 26.5. The van der Waals surface area contributed by atoms with Crippen molar-refractivity contribution in [1.82, 2.24) is 9.97 Å². The molecule has 0 aliphatic heterocycles. The Morgan fingerprint density at radius 3 is 0.643 bits per heavy atom. The zero-order valence-corrected chi connectivity index (χ0v) is 39.1. The smallest absolute Gasteiger partial charge is 0.132 e. The van der Waals surface area contributed by atoms with Gasteiger partial charge in [0.1, 0.15) is 5.82 Å². The van der Waals surface area contributed by atoms with Crippen LogP contribution in [0.1, 0.15) is 320 Å².